The number of nitrogens with one attached hydrogen (secondary N) is 1. The molecular formula is C31H36FN7O3S. The molecule has 0 aliphatic carbocycles. The van der Waals surface area contributed by atoms with E-state index in [1.54, 1.807) is 31.1 Å². The second kappa shape index (κ2) is 12.0. The van der Waals surface area contributed by atoms with E-state index in [-0.39, 0.29) is 17.6 Å². The van der Waals surface area contributed by atoms with Gasteiger partial charge < -0.3 is 20.2 Å². The lowest BCUT2D eigenvalue weighted by Crippen LogP contribution is -2.40. The van der Waals surface area contributed by atoms with Gasteiger partial charge in [0, 0.05) is 44.2 Å². The Kier molecular flexibility index (Phi) is 8.17. The summed E-state index contributed by atoms with van der Waals surface area (Å²) in [5.41, 5.74) is 4.24. The molecule has 43 heavy (non-hydrogen) atoms. The molecule has 1 aromatic carbocycles. The third-order valence-electron chi connectivity index (χ3n) is 8.63. The van der Waals surface area contributed by atoms with Gasteiger partial charge in [0.15, 0.2) is 5.13 Å². The number of aliphatic carboxylic acids is 1. The molecule has 2 N–H and O–H groups in total. The van der Waals surface area contributed by atoms with Gasteiger partial charge in [-0.2, -0.15) is 0 Å². The van der Waals surface area contributed by atoms with Crippen LogP contribution in [0.1, 0.15) is 42.4 Å². The van der Waals surface area contributed by atoms with Gasteiger partial charge in [-0.25, -0.2) is 14.4 Å². The Labute approximate surface area is 253 Å². The zero-order valence-corrected chi connectivity index (χ0v) is 25.4. The van der Waals surface area contributed by atoms with Crippen LogP contribution in [0.25, 0.3) is 16.9 Å². The number of anilines is 2. The van der Waals surface area contributed by atoms with Crippen LogP contribution in [0.4, 0.5) is 15.3 Å². The number of hydrogen-bond acceptors (Lipinski definition) is 8. The predicted molar refractivity (Wildman–Crippen MR) is 165 cm³/mol. The van der Waals surface area contributed by atoms with E-state index < -0.39 is 12.0 Å². The number of fused-ring (bicyclic) bond motifs is 1. The standard InChI is InChI=1S/C31H36FN7O3S/c1-36(2)26(40)17-38-14-11-19(12-15-38)21-6-9-25-35-27(23-10-13-33-28(23)30(41)42)29(39(25)16-21)37(3)31-34-24(18-43-31)20-4-7-22(32)8-5-20/h4-9,16,18-19,23,28,33H,10-15,17H2,1-3H3,(H,41,42)/t23?,28-/m0/s1. The maximum Gasteiger partial charge on any atom is 0.321 e. The van der Waals surface area contributed by atoms with Crippen molar-refractivity contribution in [3.63, 3.8) is 0 Å². The summed E-state index contributed by atoms with van der Waals surface area (Å²) < 4.78 is 15.6. The highest BCUT2D eigenvalue weighted by Gasteiger charge is 2.38. The second-order valence-electron chi connectivity index (χ2n) is 11.6. The summed E-state index contributed by atoms with van der Waals surface area (Å²) >= 11 is 1.47. The van der Waals surface area contributed by atoms with E-state index in [1.165, 1.54) is 29.0 Å². The molecule has 1 amide bonds. The van der Waals surface area contributed by atoms with E-state index in [4.69, 9.17) is 9.97 Å². The Morgan fingerprint density at radius 2 is 1.81 bits per heavy atom. The van der Waals surface area contributed by atoms with Gasteiger partial charge in [0.25, 0.3) is 0 Å². The van der Waals surface area contributed by atoms with Gasteiger partial charge in [-0.1, -0.05) is 6.07 Å². The van der Waals surface area contributed by atoms with E-state index >= 15 is 0 Å². The number of thiazole rings is 1. The SMILES string of the molecule is CN(C)C(=O)CN1CCC(c2ccc3nc(C4CCN[C@@H]4C(=O)O)c(N(C)c4nc(-c5ccc(F)cc5)cs4)n3c2)CC1. The highest BCUT2D eigenvalue weighted by atomic mass is 32.1. The van der Waals surface area contributed by atoms with Crippen LogP contribution in [0.3, 0.4) is 0 Å². The van der Waals surface area contributed by atoms with Gasteiger partial charge in [-0.15, -0.1) is 11.3 Å². The molecule has 2 aliphatic rings. The van der Waals surface area contributed by atoms with Crippen LogP contribution in [0.2, 0.25) is 0 Å². The van der Waals surface area contributed by atoms with E-state index in [0.717, 1.165) is 59.5 Å². The fourth-order valence-electron chi connectivity index (χ4n) is 6.17. The molecule has 12 heteroatoms. The summed E-state index contributed by atoms with van der Waals surface area (Å²) in [7, 11) is 5.51. The predicted octanol–water partition coefficient (Wildman–Crippen LogP) is 4.16. The summed E-state index contributed by atoms with van der Waals surface area (Å²) in [5, 5.41) is 15.8. The van der Waals surface area contributed by atoms with Crippen LogP contribution in [0.15, 0.2) is 48.0 Å². The number of piperidine rings is 1. The molecule has 0 spiro atoms. The van der Waals surface area contributed by atoms with Gasteiger partial charge in [0.2, 0.25) is 5.91 Å². The molecule has 0 saturated carbocycles. The summed E-state index contributed by atoms with van der Waals surface area (Å²) in [5.74, 6) is -0.235. The molecule has 1 unspecified atom stereocenters. The Hall–Kier alpha value is -3.87. The highest BCUT2D eigenvalue weighted by Crippen LogP contribution is 2.40. The number of likely N-dealkylation sites (N-methyl/N-ethyl adjacent to an activating group) is 1. The minimum absolute atomic E-state index is 0.115. The van der Waals surface area contributed by atoms with Crippen LogP contribution in [-0.2, 0) is 9.59 Å². The van der Waals surface area contributed by atoms with Crippen LogP contribution in [0, 0.1) is 5.82 Å². The average molecular weight is 606 g/mol. The van der Waals surface area contributed by atoms with E-state index in [2.05, 4.69) is 26.9 Å². The van der Waals surface area contributed by atoms with Crippen molar-refractivity contribution in [3.05, 3.63) is 65.0 Å². The first-order chi connectivity index (χ1) is 20.7. The Bertz CT molecular complexity index is 1630. The normalized spacial score (nSPS) is 19.6. The number of rotatable bonds is 8. The maximum atomic E-state index is 13.5. The van der Waals surface area contributed by atoms with E-state index in [9.17, 15) is 19.1 Å². The van der Waals surface area contributed by atoms with Crippen molar-refractivity contribution in [1.82, 2.24) is 29.5 Å². The van der Waals surface area contributed by atoms with Crippen molar-refractivity contribution < 1.29 is 19.1 Å². The molecule has 2 atom stereocenters. The van der Waals surface area contributed by atoms with Crippen molar-refractivity contribution >= 4 is 39.8 Å². The lowest BCUT2D eigenvalue weighted by Gasteiger charge is -2.32. The van der Waals surface area contributed by atoms with Gasteiger partial charge in [0.05, 0.1) is 17.9 Å². The first-order valence-corrected chi connectivity index (χ1v) is 15.4. The van der Waals surface area contributed by atoms with Crippen molar-refractivity contribution in [2.75, 3.05) is 52.2 Å². The smallest absolute Gasteiger partial charge is 0.321 e. The van der Waals surface area contributed by atoms with Gasteiger partial charge in [-0.3, -0.25) is 18.9 Å². The highest BCUT2D eigenvalue weighted by molar-refractivity contribution is 7.14. The number of carbonyl (C=O) groups is 2. The zero-order valence-electron chi connectivity index (χ0n) is 24.5. The van der Waals surface area contributed by atoms with Crippen LogP contribution in [0.5, 0.6) is 0 Å². The number of hydrogen-bond donors (Lipinski definition) is 2. The van der Waals surface area contributed by atoms with Crippen LogP contribution >= 0.6 is 11.3 Å². The Balaban J connectivity index is 1.34. The van der Waals surface area contributed by atoms with Crippen molar-refractivity contribution in [2.24, 2.45) is 0 Å². The monoisotopic (exact) mass is 605 g/mol. The number of carboxylic acid groups (broad SMARTS) is 1. The Morgan fingerprint density at radius 1 is 1.07 bits per heavy atom. The molecule has 3 aromatic heterocycles. The molecule has 0 bridgehead atoms. The summed E-state index contributed by atoms with van der Waals surface area (Å²) in [6.45, 7) is 2.74. The molecule has 2 aliphatic heterocycles. The van der Waals surface area contributed by atoms with Gasteiger partial charge >= 0.3 is 5.97 Å². The largest absolute Gasteiger partial charge is 0.480 e. The third-order valence-corrected chi connectivity index (χ3v) is 9.55. The number of amides is 1. The fourth-order valence-corrected chi connectivity index (χ4v) is 6.97. The van der Waals surface area contributed by atoms with E-state index in [0.29, 0.717) is 25.4 Å². The minimum atomic E-state index is -0.888. The quantitative estimate of drug-likeness (QED) is 0.309. The lowest BCUT2D eigenvalue weighted by molar-refractivity contribution is -0.139. The number of benzene rings is 1. The molecule has 5 heterocycles. The fraction of sp³-hybridized carbons (Fsp3) is 0.419. The third kappa shape index (κ3) is 5.86. The zero-order chi connectivity index (χ0) is 30.2. The first kappa shape index (κ1) is 29.2. The van der Waals surface area contributed by atoms with E-state index in [1.807, 2.05) is 23.4 Å². The van der Waals surface area contributed by atoms with Crippen molar-refractivity contribution in [3.8, 4) is 11.3 Å². The molecular weight excluding hydrogens is 569 g/mol. The number of likely N-dealkylation sites (tertiary alicyclic amines) is 1. The number of halogens is 1. The number of carboxylic acids is 1. The van der Waals surface area contributed by atoms with Crippen molar-refractivity contribution in [1.29, 1.82) is 0 Å². The molecule has 4 aromatic rings. The number of nitrogens with zero attached hydrogens (tertiary/aromatic N) is 6. The second-order valence-corrected chi connectivity index (χ2v) is 12.4. The van der Waals surface area contributed by atoms with Gasteiger partial charge in [0.1, 0.15) is 23.3 Å². The molecule has 10 nitrogen and oxygen atoms in total. The topological polar surface area (TPSA) is 106 Å². The summed E-state index contributed by atoms with van der Waals surface area (Å²) in [6, 6.07) is 9.68. The summed E-state index contributed by atoms with van der Waals surface area (Å²) in [4.78, 5) is 40.1. The molecule has 2 saturated heterocycles. The number of aromatic nitrogens is 3. The number of imidazole rings is 1. The average Bonchev–Trinajstić information content (AvgIpc) is 3.76. The first-order valence-electron chi connectivity index (χ1n) is 14.6. The van der Waals surface area contributed by atoms with Crippen LogP contribution < -0.4 is 10.2 Å². The molecule has 2 fully saturated rings. The van der Waals surface area contributed by atoms with Crippen LogP contribution in [-0.4, -0.2) is 94.5 Å². The number of pyridine rings is 1. The molecule has 226 valence electrons. The minimum Gasteiger partial charge on any atom is -0.480 e. The molecule has 0 radical (unpaired) electrons. The Morgan fingerprint density at radius 3 is 2.51 bits per heavy atom. The van der Waals surface area contributed by atoms with Crippen molar-refractivity contribution in [2.45, 2.75) is 37.1 Å². The summed E-state index contributed by atoms with van der Waals surface area (Å²) in [6.07, 6.45) is 4.69. The van der Waals surface area contributed by atoms with Gasteiger partial charge in [-0.05, 0) is 80.7 Å². The molecule has 6 rings (SSSR count). The lowest BCUT2D eigenvalue weighted by atomic mass is 9.90. The number of carbonyl (C=O) groups excluding carboxylic acids is 1. The maximum absolute atomic E-state index is 13.5.